The van der Waals surface area contributed by atoms with Crippen molar-refractivity contribution in [2.45, 2.75) is 83.1 Å². The van der Waals surface area contributed by atoms with Crippen LogP contribution in [0.25, 0.3) is 10.1 Å². The minimum absolute atomic E-state index is 0.150. The van der Waals surface area contributed by atoms with E-state index < -0.39 is 11.7 Å². The SMILES string of the molecule is CCOC(=O)C1CCC(OC(C(=O)Cc2cc(Cl)c(NC(=O)c3csc4ccccc34)cc2F)(N2CCCCC2)N2CCCC2)CC1. The van der Waals surface area contributed by atoms with Crippen LogP contribution < -0.4 is 5.32 Å². The Morgan fingerprint density at radius 3 is 2.32 bits per heavy atom. The van der Waals surface area contributed by atoms with Crippen LogP contribution in [0.3, 0.4) is 0 Å². The molecule has 2 aromatic carbocycles. The van der Waals surface area contributed by atoms with Gasteiger partial charge in [0.2, 0.25) is 5.85 Å². The summed E-state index contributed by atoms with van der Waals surface area (Å²) in [6.45, 7) is 5.03. The zero-order valence-electron chi connectivity index (χ0n) is 26.9. The van der Waals surface area contributed by atoms with Gasteiger partial charge < -0.3 is 14.8 Å². The van der Waals surface area contributed by atoms with Crippen molar-refractivity contribution < 1.29 is 28.2 Å². The second-order valence-corrected chi connectivity index (χ2v) is 14.1. The number of rotatable bonds is 11. The number of nitrogens with one attached hydrogen (secondary N) is 1. The molecular formula is C36H43ClFN3O5S. The second kappa shape index (κ2) is 15.1. The van der Waals surface area contributed by atoms with Gasteiger partial charge in [-0.3, -0.25) is 24.2 Å². The van der Waals surface area contributed by atoms with Gasteiger partial charge in [0.25, 0.3) is 5.91 Å². The number of Topliss-reactive ketones (excluding diaryl/α,β-unsaturated/α-hetero) is 1. The normalized spacial score (nSPS) is 22.2. The number of ketones is 1. The smallest absolute Gasteiger partial charge is 0.308 e. The van der Waals surface area contributed by atoms with Crippen molar-refractivity contribution in [1.29, 1.82) is 0 Å². The average Bonchev–Trinajstić information content (AvgIpc) is 3.78. The molecule has 1 atom stereocenters. The van der Waals surface area contributed by atoms with Gasteiger partial charge >= 0.3 is 5.97 Å². The highest BCUT2D eigenvalue weighted by Crippen LogP contribution is 2.38. The van der Waals surface area contributed by atoms with Gasteiger partial charge in [0, 0.05) is 48.1 Å². The summed E-state index contributed by atoms with van der Waals surface area (Å²) in [5, 5.41) is 5.52. The van der Waals surface area contributed by atoms with Crippen molar-refractivity contribution in [2.75, 3.05) is 38.1 Å². The van der Waals surface area contributed by atoms with E-state index in [1.165, 1.54) is 23.5 Å². The summed E-state index contributed by atoms with van der Waals surface area (Å²) < 4.78 is 29.0. The maximum atomic E-state index is 15.8. The van der Waals surface area contributed by atoms with E-state index in [-0.39, 0.29) is 52.4 Å². The Hall–Kier alpha value is -2.89. The fourth-order valence-corrected chi connectivity index (χ4v) is 8.52. The van der Waals surface area contributed by atoms with Crippen LogP contribution in [-0.4, -0.2) is 72.2 Å². The van der Waals surface area contributed by atoms with Crippen LogP contribution in [0.1, 0.15) is 80.6 Å². The highest BCUT2D eigenvalue weighted by molar-refractivity contribution is 7.17. The van der Waals surface area contributed by atoms with Crippen LogP contribution in [-0.2, 0) is 25.5 Å². The molecule has 47 heavy (non-hydrogen) atoms. The third-order valence-electron chi connectivity index (χ3n) is 9.77. The quantitative estimate of drug-likeness (QED) is 0.210. The molecule has 11 heteroatoms. The largest absolute Gasteiger partial charge is 0.466 e. The number of nitrogens with zero attached hydrogens (tertiary/aromatic N) is 2. The molecule has 3 aliphatic rings. The first kappa shape index (κ1) is 34.0. The van der Waals surface area contributed by atoms with E-state index in [2.05, 4.69) is 15.1 Å². The van der Waals surface area contributed by atoms with E-state index in [1.54, 1.807) is 5.38 Å². The molecule has 3 fully saturated rings. The fraction of sp³-hybridized carbons (Fsp3) is 0.528. The Morgan fingerprint density at radius 1 is 0.979 bits per heavy atom. The molecule has 6 rings (SSSR count). The number of piperidine rings is 1. The first-order chi connectivity index (χ1) is 22.8. The molecule has 252 valence electrons. The Labute approximate surface area is 284 Å². The molecule has 2 aliphatic heterocycles. The lowest BCUT2D eigenvalue weighted by atomic mass is 9.87. The molecule has 1 amide bonds. The highest BCUT2D eigenvalue weighted by Gasteiger charge is 2.52. The number of likely N-dealkylation sites (tertiary alicyclic amines) is 2. The molecule has 3 aromatic rings. The average molecular weight is 684 g/mol. The van der Waals surface area contributed by atoms with Crippen molar-refractivity contribution in [3.05, 3.63) is 63.7 Å². The predicted molar refractivity (Wildman–Crippen MR) is 182 cm³/mol. The molecule has 1 saturated carbocycles. The lowest BCUT2D eigenvalue weighted by Gasteiger charge is -2.51. The first-order valence-corrected chi connectivity index (χ1v) is 18.2. The van der Waals surface area contributed by atoms with E-state index >= 15 is 4.39 Å². The number of anilines is 1. The maximum Gasteiger partial charge on any atom is 0.308 e. The zero-order valence-corrected chi connectivity index (χ0v) is 28.5. The minimum atomic E-state index is -1.33. The van der Waals surface area contributed by atoms with Crippen molar-refractivity contribution in [1.82, 2.24) is 9.80 Å². The van der Waals surface area contributed by atoms with Gasteiger partial charge in [-0.05, 0) is 82.1 Å². The third kappa shape index (κ3) is 7.27. The summed E-state index contributed by atoms with van der Waals surface area (Å²) in [5.41, 5.74) is 0.804. The molecular weight excluding hydrogens is 641 g/mol. The number of ether oxygens (including phenoxy) is 2. The van der Waals surface area contributed by atoms with E-state index in [0.29, 0.717) is 64.0 Å². The molecule has 0 spiro atoms. The summed E-state index contributed by atoms with van der Waals surface area (Å²) in [6, 6.07) is 10.3. The van der Waals surface area contributed by atoms with E-state index in [1.807, 2.05) is 31.2 Å². The van der Waals surface area contributed by atoms with Crippen LogP contribution in [0.2, 0.25) is 5.02 Å². The van der Waals surface area contributed by atoms with Gasteiger partial charge in [-0.2, -0.15) is 0 Å². The molecule has 0 radical (unpaired) electrons. The third-order valence-corrected chi connectivity index (χ3v) is 11.0. The number of carbonyl (C=O) groups excluding carboxylic acids is 3. The number of hydrogen-bond donors (Lipinski definition) is 1. The highest BCUT2D eigenvalue weighted by atomic mass is 35.5. The van der Waals surface area contributed by atoms with Gasteiger partial charge in [-0.25, -0.2) is 4.39 Å². The summed E-state index contributed by atoms with van der Waals surface area (Å²) >= 11 is 8.10. The van der Waals surface area contributed by atoms with Crippen LogP contribution >= 0.6 is 22.9 Å². The van der Waals surface area contributed by atoms with Crippen LogP contribution in [0, 0.1) is 11.7 Å². The van der Waals surface area contributed by atoms with Crippen LogP contribution in [0.4, 0.5) is 10.1 Å². The number of amides is 1. The Balaban J connectivity index is 1.24. The fourth-order valence-electron chi connectivity index (χ4n) is 7.34. The topological polar surface area (TPSA) is 88.2 Å². The predicted octanol–water partition coefficient (Wildman–Crippen LogP) is 7.43. The van der Waals surface area contributed by atoms with Crippen molar-refractivity contribution in [2.24, 2.45) is 5.92 Å². The summed E-state index contributed by atoms with van der Waals surface area (Å²) in [7, 11) is 0. The van der Waals surface area contributed by atoms with Crippen molar-refractivity contribution in [3.63, 3.8) is 0 Å². The molecule has 3 heterocycles. The number of esters is 1. The summed E-state index contributed by atoms with van der Waals surface area (Å²) in [4.78, 5) is 44.6. The minimum Gasteiger partial charge on any atom is -0.466 e. The summed E-state index contributed by atoms with van der Waals surface area (Å²) in [5.74, 6) is -2.86. The molecule has 1 N–H and O–H groups in total. The molecule has 8 nitrogen and oxygen atoms in total. The van der Waals surface area contributed by atoms with Crippen molar-refractivity contribution in [3.8, 4) is 0 Å². The molecule has 0 bridgehead atoms. The van der Waals surface area contributed by atoms with Gasteiger partial charge in [0.05, 0.1) is 34.9 Å². The second-order valence-electron chi connectivity index (χ2n) is 12.8. The summed E-state index contributed by atoms with van der Waals surface area (Å²) in [6.07, 6.45) is 7.06. The molecule has 1 aromatic heterocycles. The van der Waals surface area contributed by atoms with E-state index in [4.69, 9.17) is 21.1 Å². The maximum absolute atomic E-state index is 15.8. The monoisotopic (exact) mass is 683 g/mol. The molecule has 1 aliphatic carbocycles. The van der Waals surface area contributed by atoms with Crippen molar-refractivity contribution >= 4 is 56.4 Å². The first-order valence-electron chi connectivity index (χ1n) is 16.9. The standard InChI is InChI=1S/C36H43ClFN3O5S/c1-2-45-35(44)24-12-14-26(15-13-24)46-36(41-18-8-9-19-41,40-16-6-3-7-17-40)33(42)21-25-20-29(37)31(22-30(25)38)39-34(43)28-23-47-32-11-5-4-10-27(28)32/h4-5,10-11,20,22-24,26H,2-3,6-9,12-19,21H2,1H3,(H,39,43). The lowest BCUT2D eigenvalue weighted by Crippen LogP contribution is -2.68. The van der Waals surface area contributed by atoms with Gasteiger partial charge in [0.1, 0.15) is 5.82 Å². The number of fused-ring (bicyclic) bond motifs is 1. The zero-order chi connectivity index (χ0) is 33.0. The van der Waals surface area contributed by atoms with Gasteiger partial charge in [-0.15, -0.1) is 11.3 Å². The molecule has 1 unspecified atom stereocenters. The number of benzene rings is 2. The van der Waals surface area contributed by atoms with Gasteiger partial charge in [0.15, 0.2) is 5.78 Å². The van der Waals surface area contributed by atoms with Gasteiger partial charge in [-0.1, -0.05) is 36.2 Å². The number of hydrogen-bond acceptors (Lipinski definition) is 8. The number of halogens is 2. The Kier molecular flexibility index (Phi) is 10.9. The van der Waals surface area contributed by atoms with Crippen LogP contribution in [0.5, 0.6) is 0 Å². The van der Waals surface area contributed by atoms with Crippen LogP contribution in [0.15, 0.2) is 41.8 Å². The van der Waals surface area contributed by atoms with E-state index in [0.717, 1.165) is 42.2 Å². The Bertz CT molecular complexity index is 1600. The van der Waals surface area contributed by atoms with E-state index in [9.17, 15) is 14.4 Å². The lowest BCUT2D eigenvalue weighted by molar-refractivity contribution is -0.258. The number of thiophene rings is 1. The molecule has 2 saturated heterocycles. The Morgan fingerprint density at radius 2 is 1.64 bits per heavy atom. The number of carbonyl (C=O) groups is 3.